The number of phenols is 1. The maximum Gasteiger partial charge on any atom is 0.311 e. The van der Waals surface area contributed by atoms with Gasteiger partial charge in [-0.1, -0.05) is 12.1 Å². The summed E-state index contributed by atoms with van der Waals surface area (Å²) in [4.78, 5) is 10.1. The molecule has 7 nitrogen and oxygen atoms in total. The average molecular weight is 344 g/mol. The summed E-state index contributed by atoms with van der Waals surface area (Å²) in [6.45, 7) is 3.99. The molecular formula is C16H16N4O3S. The highest BCUT2D eigenvalue weighted by Crippen LogP contribution is 2.25. The average Bonchev–Trinajstić information content (AvgIpc) is 2.53. The molecule has 2 rings (SSSR count). The van der Waals surface area contributed by atoms with Gasteiger partial charge in [0, 0.05) is 17.3 Å². The van der Waals surface area contributed by atoms with Gasteiger partial charge in [0.1, 0.15) is 0 Å². The molecule has 0 fully saturated rings. The van der Waals surface area contributed by atoms with Crippen molar-refractivity contribution in [3.8, 4) is 5.75 Å². The zero-order valence-corrected chi connectivity index (χ0v) is 13.9. The molecule has 0 unspecified atom stereocenters. The second kappa shape index (κ2) is 7.51. The summed E-state index contributed by atoms with van der Waals surface area (Å²) in [5.41, 5.74) is 5.83. The number of aromatic hydroxyl groups is 1. The first-order chi connectivity index (χ1) is 11.4. The van der Waals surface area contributed by atoms with Crippen LogP contribution in [-0.4, -0.2) is 21.4 Å². The molecule has 0 spiro atoms. The van der Waals surface area contributed by atoms with Crippen LogP contribution in [-0.2, 0) is 0 Å². The highest BCUT2D eigenvalue weighted by atomic mass is 32.1. The monoisotopic (exact) mass is 344 g/mol. The van der Waals surface area contributed by atoms with Crippen molar-refractivity contribution in [2.45, 2.75) is 13.8 Å². The van der Waals surface area contributed by atoms with E-state index in [1.807, 2.05) is 32.0 Å². The number of nitrogens with zero attached hydrogens (tertiary/aromatic N) is 2. The van der Waals surface area contributed by atoms with E-state index < -0.39 is 10.7 Å². The number of hydrazone groups is 1. The number of hydrogen-bond donors (Lipinski definition) is 3. The highest BCUT2D eigenvalue weighted by Gasteiger charge is 2.12. The molecule has 0 atom stereocenters. The Morgan fingerprint density at radius 1 is 1.33 bits per heavy atom. The Hall–Kier alpha value is -3.00. The Morgan fingerprint density at radius 3 is 2.79 bits per heavy atom. The van der Waals surface area contributed by atoms with Crippen molar-refractivity contribution in [3.63, 3.8) is 0 Å². The molecule has 8 heteroatoms. The maximum atomic E-state index is 10.8. The quantitative estimate of drug-likeness (QED) is 0.341. The van der Waals surface area contributed by atoms with Gasteiger partial charge in [0.15, 0.2) is 10.9 Å². The summed E-state index contributed by atoms with van der Waals surface area (Å²) in [7, 11) is 0. The van der Waals surface area contributed by atoms with Gasteiger partial charge in [0.05, 0.1) is 11.1 Å². The van der Waals surface area contributed by atoms with Crippen LogP contribution < -0.4 is 10.7 Å². The third-order valence-electron chi connectivity index (χ3n) is 3.43. The van der Waals surface area contributed by atoms with E-state index in [9.17, 15) is 15.2 Å². The summed E-state index contributed by atoms with van der Waals surface area (Å²) in [5, 5.41) is 27.4. The third kappa shape index (κ3) is 4.26. The van der Waals surface area contributed by atoms with E-state index in [4.69, 9.17) is 12.2 Å². The van der Waals surface area contributed by atoms with Crippen molar-refractivity contribution >= 4 is 34.9 Å². The van der Waals surface area contributed by atoms with Gasteiger partial charge >= 0.3 is 5.69 Å². The van der Waals surface area contributed by atoms with E-state index in [1.54, 1.807) is 0 Å². The minimum atomic E-state index is -0.660. The van der Waals surface area contributed by atoms with Gasteiger partial charge < -0.3 is 10.4 Å². The zero-order valence-electron chi connectivity index (χ0n) is 13.1. The fraction of sp³-hybridized carbons (Fsp3) is 0.125. The molecule has 124 valence electrons. The number of nitro benzene ring substituents is 1. The molecule has 0 saturated carbocycles. The molecule has 0 aliphatic rings. The highest BCUT2D eigenvalue weighted by molar-refractivity contribution is 7.80. The molecule has 0 saturated heterocycles. The minimum Gasteiger partial charge on any atom is -0.502 e. The number of aryl methyl sites for hydroxylation is 1. The summed E-state index contributed by atoms with van der Waals surface area (Å²) in [6.07, 6.45) is 1.38. The standard InChI is InChI=1S/C16H16N4O3S/c1-10-4-3-5-13(11(10)2)18-16(24)19-17-9-12-6-7-15(21)14(8-12)20(22)23/h3-9,21H,1-2H3,(H2,18,19,24)/b17-9+. The molecule has 0 bridgehead atoms. The number of nitrogens with one attached hydrogen (secondary N) is 2. The number of phenolic OH excluding ortho intramolecular Hbond substituents is 1. The van der Waals surface area contributed by atoms with Gasteiger partial charge in [-0.15, -0.1) is 0 Å². The van der Waals surface area contributed by atoms with Gasteiger partial charge in [0.25, 0.3) is 0 Å². The van der Waals surface area contributed by atoms with Crippen LogP contribution in [0.4, 0.5) is 11.4 Å². The molecule has 24 heavy (non-hydrogen) atoms. The predicted molar refractivity (Wildman–Crippen MR) is 97.6 cm³/mol. The first-order valence-corrected chi connectivity index (χ1v) is 7.43. The van der Waals surface area contributed by atoms with Crippen molar-refractivity contribution in [1.29, 1.82) is 0 Å². The molecule has 0 radical (unpaired) electrons. The summed E-state index contributed by atoms with van der Waals surface area (Å²) < 4.78 is 0. The minimum absolute atomic E-state index is 0.299. The Bertz CT molecular complexity index is 821. The fourth-order valence-electron chi connectivity index (χ4n) is 1.97. The number of rotatable bonds is 4. The van der Waals surface area contributed by atoms with Gasteiger partial charge in [0.2, 0.25) is 0 Å². The Morgan fingerprint density at radius 2 is 2.08 bits per heavy atom. The van der Waals surface area contributed by atoms with Crippen molar-refractivity contribution in [2.75, 3.05) is 5.32 Å². The molecule has 0 amide bonds. The molecule has 0 aliphatic heterocycles. The lowest BCUT2D eigenvalue weighted by Gasteiger charge is -2.11. The van der Waals surface area contributed by atoms with Crippen molar-refractivity contribution in [1.82, 2.24) is 5.43 Å². The smallest absolute Gasteiger partial charge is 0.311 e. The first kappa shape index (κ1) is 17.4. The number of nitro groups is 1. The lowest BCUT2D eigenvalue weighted by molar-refractivity contribution is -0.385. The largest absolute Gasteiger partial charge is 0.502 e. The molecular weight excluding hydrogens is 328 g/mol. The summed E-state index contributed by atoms with van der Waals surface area (Å²) in [6, 6.07) is 9.81. The molecule has 2 aromatic carbocycles. The van der Waals surface area contributed by atoms with E-state index in [-0.39, 0.29) is 5.69 Å². The normalized spacial score (nSPS) is 10.6. The van der Waals surface area contributed by atoms with E-state index in [0.29, 0.717) is 10.7 Å². The fourth-order valence-corrected chi connectivity index (χ4v) is 2.13. The number of hydrogen-bond acceptors (Lipinski definition) is 5. The lowest BCUT2D eigenvalue weighted by atomic mass is 10.1. The van der Waals surface area contributed by atoms with Crippen molar-refractivity contribution in [3.05, 3.63) is 63.2 Å². The maximum absolute atomic E-state index is 10.8. The Labute approximate surface area is 144 Å². The van der Waals surface area contributed by atoms with Crippen LogP contribution in [0, 0.1) is 24.0 Å². The number of anilines is 1. The van der Waals surface area contributed by atoms with Gasteiger partial charge in [-0.2, -0.15) is 5.10 Å². The third-order valence-corrected chi connectivity index (χ3v) is 3.62. The Kier molecular flexibility index (Phi) is 5.43. The van der Waals surface area contributed by atoms with Gasteiger partial charge in [-0.05, 0) is 55.4 Å². The topological polar surface area (TPSA) is 99.8 Å². The molecule has 3 N–H and O–H groups in total. The van der Waals surface area contributed by atoms with Crippen LogP contribution in [0.1, 0.15) is 16.7 Å². The van der Waals surface area contributed by atoms with Gasteiger partial charge in [-0.25, -0.2) is 0 Å². The second-order valence-electron chi connectivity index (χ2n) is 5.08. The molecule has 2 aromatic rings. The van der Waals surface area contributed by atoms with Crippen LogP contribution in [0.15, 0.2) is 41.5 Å². The summed E-state index contributed by atoms with van der Waals surface area (Å²) in [5.74, 6) is -0.391. The van der Waals surface area contributed by atoms with Crippen LogP contribution in [0.3, 0.4) is 0 Å². The summed E-state index contributed by atoms with van der Waals surface area (Å²) >= 11 is 5.16. The first-order valence-electron chi connectivity index (χ1n) is 7.02. The van der Waals surface area contributed by atoms with E-state index in [0.717, 1.165) is 16.8 Å². The SMILES string of the molecule is Cc1cccc(NC(=S)N/N=C/c2ccc(O)c([N+](=O)[O-])c2)c1C. The zero-order chi connectivity index (χ0) is 17.7. The predicted octanol–water partition coefficient (Wildman–Crippen LogP) is 3.24. The second-order valence-corrected chi connectivity index (χ2v) is 5.49. The molecule has 0 aromatic heterocycles. The molecule has 0 heterocycles. The van der Waals surface area contributed by atoms with Gasteiger partial charge in [-0.3, -0.25) is 15.5 Å². The van der Waals surface area contributed by atoms with Crippen LogP contribution >= 0.6 is 12.2 Å². The molecule has 0 aliphatic carbocycles. The lowest BCUT2D eigenvalue weighted by Crippen LogP contribution is -2.24. The van der Waals surface area contributed by atoms with E-state index in [2.05, 4.69) is 15.8 Å². The van der Waals surface area contributed by atoms with Crippen molar-refractivity contribution < 1.29 is 10.0 Å². The van der Waals surface area contributed by atoms with Crippen LogP contribution in [0.2, 0.25) is 0 Å². The number of benzene rings is 2. The van der Waals surface area contributed by atoms with Crippen molar-refractivity contribution in [2.24, 2.45) is 5.10 Å². The van der Waals surface area contributed by atoms with E-state index >= 15 is 0 Å². The number of thiocarbonyl (C=S) groups is 1. The van der Waals surface area contributed by atoms with Crippen LogP contribution in [0.25, 0.3) is 0 Å². The Balaban J connectivity index is 2.01. The van der Waals surface area contributed by atoms with E-state index in [1.165, 1.54) is 24.4 Å². The van der Waals surface area contributed by atoms with Crippen LogP contribution in [0.5, 0.6) is 5.75 Å².